The van der Waals surface area contributed by atoms with Crippen LogP contribution < -0.4 is 25.0 Å². The summed E-state index contributed by atoms with van der Waals surface area (Å²) in [6.45, 7) is 6.28. The molecule has 0 spiro atoms. The highest BCUT2D eigenvalue weighted by Gasteiger charge is 2.22. The van der Waals surface area contributed by atoms with E-state index in [1.807, 2.05) is 39.0 Å². The molecule has 8 nitrogen and oxygen atoms in total. The molecular formula is C25H31N3O5. The normalized spacial score (nSPS) is 14.2. The second-order valence-electron chi connectivity index (χ2n) is 8.24. The minimum Gasteiger partial charge on any atom is -0.493 e. The predicted octanol–water partition coefficient (Wildman–Crippen LogP) is 3.22. The Morgan fingerprint density at radius 1 is 1.06 bits per heavy atom. The van der Waals surface area contributed by atoms with Gasteiger partial charge in [-0.2, -0.15) is 0 Å². The van der Waals surface area contributed by atoms with E-state index >= 15 is 0 Å². The number of hydrogen-bond acceptors (Lipinski definition) is 5. The second-order valence-corrected chi connectivity index (χ2v) is 8.24. The molecule has 0 aliphatic carbocycles. The van der Waals surface area contributed by atoms with Crippen molar-refractivity contribution in [3.63, 3.8) is 0 Å². The van der Waals surface area contributed by atoms with Gasteiger partial charge in [-0.15, -0.1) is 0 Å². The Kier molecular flexibility index (Phi) is 7.92. The summed E-state index contributed by atoms with van der Waals surface area (Å²) in [5.41, 5.74) is 2.06. The Bertz CT molecular complexity index is 1000. The average molecular weight is 454 g/mol. The molecule has 1 atom stereocenters. The lowest BCUT2D eigenvalue weighted by Crippen LogP contribution is -2.38. The number of methoxy groups -OCH3 is 1. The van der Waals surface area contributed by atoms with Gasteiger partial charge in [-0.25, -0.2) is 0 Å². The van der Waals surface area contributed by atoms with Gasteiger partial charge in [-0.05, 0) is 69.2 Å². The predicted molar refractivity (Wildman–Crippen MR) is 126 cm³/mol. The SMILES string of the molecule is COc1cc(C(C)NC(=O)CNC(=O)c2ccc(N3CCCC3=O)cc2)ccc1OC(C)C. The fourth-order valence-corrected chi connectivity index (χ4v) is 3.66. The Morgan fingerprint density at radius 2 is 1.79 bits per heavy atom. The summed E-state index contributed by atoms with van der Waals surface area (Å²) < 4.78 is 11.1. The molecule has 0 aromatic heterocycles. The number of nitrogens with zero attached hydrogens (tertiary/aromatic N) is 1. The summed E-state index contributed by atoms with van der Waals surface area (Å²) in [6, 6.07) is 12.0. The maximum absolute atomic E-state index is 12.4. The fourth-order valence-electron chi connectivity index (χ4n) is 3.66. The number of carbonyl (C=O) groups is 3. The number of anilines is 1. The first kappa shape index (κ1) is 24.1. The summed E-state index contributed by atoms with van der Waals surface area (Å²) in [7, 11) is 1.57. The van der Waals surface area contributed by atoms with Crippen LogP contribution in [0.25, 0.3) is 0 Å². The molecule has 2 aromatic carbocycles. The van der Waals surface area contributed by atoms with Crippen molar-refractivity contribution in [1.82, 2.24) is 10.6 Å². The van der Waals surface area contributed by atoms with Gasteiger partial charge in [-0.3, -0.25) is 14.4 Å². The first-order valence-corrected chi connectivity index (χ1v) is 11.1. The zero-order valence-corrected chi connectivity index (χ0v) is 19.5. The van der Waals surface area contributed by atoms with Gasteiger partial charge in [0.15, 0.2) is 11.5 Å². The largest absolute Gasteiger partial charge is 0.493 e. The van der Waals surface area contributed by atoms with Crippen molar-refractivity contribution in [3.05, 3.63) is 53.6 Å². The van der Waals surface area contributed by atoms with Gasteiger partial charge in [0.1, 0.15) is 0 Å². The van der Waals surface area contributed by atoms with E-state index in [0.29, 0.717) is 30.0 Å². The smallest absolute Gasteiger partial charge is 0.251 e. The van der Waals surface area contributed by atoms with E-state index in [9.17, 15) is 14.4 Å². The fraction of sp³-hybridized carbons (Fsp3) is 0.400. The minimum atomic E-state index is -0.353. The quantitative estimate of drug-likeness (QED) is 0.608. The molecule has 1 saturated heterocycles. The van der Waals surface area contributed by atoms with Crippen molar-refractivity contribution in [2.45, 2.75) is 45.8 Å². The Labute approximate surface area is 194 Å². The van der Waals surface area contributed by atoms with E-state index < -0.39 is 0 Å². The maximum atomic E-state index is 12.4. The van der Waals surface area contributed by atoms with E-state index in [1.165, 1.54) is 0 Å². The zero-order chi connectivity index (χ0) is 24.0. The van der Waals surface area contributed by atoms with Crippen LogP contribution >= 0.6 is 0 Å². The topological polar surface area (TPSA) is 97.0 Å². The van der Waals surface area contributed by atoms with Crippen LogP contribution in [0.2, 0.25) is 0 Å². The molecule has 0 bridgehead atoms. The standard InChI is InChI=1S/C25H31N3O5/c1-16(2)33-21-12-9-19(14-22(21)32-4)17(3)27-23(29)15-26-25(31)18-7-10-20(11-8-18)28-13-5-6-24(28)30/h7-12,14,16-17H,5-6,13,15H2,1-4H3,(H,26,31)(H,27,29). The molecular weight excluding hydrogens is 422 g/mol. The summed E-state index contributed by atoms with van der Waals surface area (Å²) in [6.07, 6.45) is 1.42. The van der Waals surface area contributed by atoms with Gasteiger partial charge in [0, 0.05) is 24.2 Å². The molecule has 33 heavy (non-hydrogen) atoms. The van der Waals surface area contributed by atoms with E-state index in [2.05, 4.69) is 10.6 Å². The number of carbonyl (C=O) groups excluding carboxylic acids is 3. The van der Waals surface area contributed by atoms with Crippen LogP contribution in [0, 0.1) is 0 Å². The minimum absolute atomic E-state index is 0.0180. The van der Waals surface area contributed by atoms with Gasteiger partial charge in [-0.1, -0.05) is 6.07 Å². The highest BCUT2D eigenvalue weighted by molar-refractivity contribution is 5.98. The van der Waals surface area contributed by atoms with Crippen LogP contribution in [0.1, 0.15) is 55.6 Å². The zero-order valence-electron chi connectivity index (χ0n) is 19.5. The molecule has 3 rings (SSSR count). The van der Waals surface area contributed by atoms with E-state index in [4.69, 9.17) is 9.47 Å². The van der Waals surface area contributed by atoms with E-state index in [1.54, 1.807) is 36.3 Å². The van der Waals surface area contributed by atoms with Gasteiger partial charge in [0.05, 0.1) is 25.8 Å². The molecule has 1 unspecified atom stereocenters. The highest BCUT2D eigenvalue weighted by atomic mass is 16.5. The van der Waals surface area contributed by atoms with E-state index in [-0.39, 0.29) is 36.4 Å². The molecule has 3 amide bonds. The summed E-state index contributed by atoms with van der Waals surface area (Å²) >= 11 is 0. The molecule has 2 aromatic rings. The van der Waals surface area contributed by atoms with E-state index in [0.717, 1.165) is 17.7 Å². The molecule has 1 aliphatic heterocycles. The van der Waals surface area contributed by atoms with Gasteiger partial charge in [0.25, 0.3) is 5.91 Å². The highest BCUT2D eigenvalue weighted by Crippen LogP contribution is 2.31. The second kappa shape index (κ2) is 10.8. The van der Waals surface area contributed by atoms with Gasteiger partial charge >= 0.3 is 0 Å². The number of ether oxygens (including phenoxy) is 2. The lowest BCUT2D eigenvalue weighted by molar-refractivity contribution is -0.120. The number of nitrogens with one attached hydrogen (secondary N) is 2. The van der Waals surface area contributed by atoms with Crippen molar-refractivity contribution in [3.8, 4) is 11.5 Å². The molecule has 1 heterocycles. The van der Waals surface area contributed by atoms with Crippen LogP contribution in [-0.2, 0) is 9.59 Å². The van der Waals surface area contributed by atoms with Crippen molar-refractivity contribution >= 4 is 23.4 Å². The third-order valence-corrected chi connectivity index (χ3v) is 5.35. The lowest BCUT2D eigenvalue weighted by atomic mass is 10.1. The average Bonchev–Trinajstić information content (AvgIpc) is 3.23. The van der Waals surface area contributed by atoms with Crippen molar-refractivity contribution in [1.29, 1.82) is 0 Å². The lowest BCUT2D eigenvalue weighted by Gasteiger charge is -2.18. The van der Waals surface area contributed by atoms with Gasteiger partial charge < -0.3 is 25.0 Å². The van der Waals surface area contributed by atoms with Crippen molar-refractivity contribution < 1.29 is 23.9 Å². The monoisotopic (exact) mass is 453 g/mol. The van der Waals surface area contributed by atoms with Crippen molar-refractivity contribution in [2.24, 2.45) is 0 Å². The van der Waals surface area contributed by atoms with Crippen LogP contribution in [0.4, 0.5) is 5.69 Å². The first-order valence-electron chi connectivity index (χ1n) is 11.1. The number of rotatable bonds is 9. The summed E-state index contributed by atoms with van der Waals surface area (Å²) in [5, 5.41) is 5.50. The molecule has 1 fully saturated rings. The Morgan fingerprint density at radius 3 is 2.39 bits per heavy atom. The number of amides is 3. The molecule has 0 saturated carbocycles. The van der Waals surface area contributed by atoms with Crippen LogP contribution in [0.15, 0.2) is 42.5 Å². The van der Waals surface area contributed by atoms with Crippen molar-refractivity contribution in [2.75, 3.05) is 25.1 Å². The molecule has 0 radical (unpaired) electrons. The third-order valence-electron chi connectivity index (χ3n) is 5.35. The summed E-state index contributed by atoms with van der Waals surface area (Å²) in [5.74, 6) is 0.667. The molecule has 8 heteroatoms. The van der Waals surface area contributed by atoms with Crippen LogP contribution in [-0.4, -0.2) is 44.0 Å². The van der Waals surface area contributed by atoms with Crippen LogP contribution in [0.3, 0.4) is 0 Å². The number of hydrogen-bond donors (Lipinski definition) is 2. The number of benzene rings is 2. The van der Waals surface area contributed by atoms with Crippen LogP contribution in [0.5, 0.6) is 11.5 Å². The van der Waals surface area contributed by atoms with Gasteiger partial charge in [0.2, 0.25) is 11.8 Å². The first-order chi connectivity index (χ1) is 15.8. The molecule has 1 aliphatic rings. The molecule has 2 N–H and O–H groups in total. The maximum Gasteiger partial charge on any atom is 0.251 e. The Hall–Kier alpha value is -3.55. The third kappa shape index (κ3) is 6.25. The Balaban J connectivity index is 1.52. The molecule has 176 valence electrons. The summed E-state index contributed by atoms with van der Waals surface area (Å²) in [4.78, 5) is 38.3.